The van der Waals surface area contributed by atoms with Crippen LogP contribution in [0.25, 0.3) is 0 Å². The van der Waals surface area contributed by atoms with Gasteiger partial charge in [0.25, 0.3) is 5.91 Å². The molecule has 1 aromatic rings. The number of carbonyl (C=O) groups is 2. The Morgan fingerprint density at radius 1 is 1.41 bits per heavy atom. The average molecular weight is 312 g/mol. The van der Waals surface area contributed by atoms with Gasteiger partial charge in [-0.15, -0.1) is 0 Å². The Bertz CT molecular complexity index is 580. The van der Waals surface area contributed by atoms with Gasteiger partial charge in [-0.25, -0.2) is 8.78 Å². The molecule has 0 radical (unpaired) electrons. The second-order valence-corrected chi connectivity index (χ2v) is 5.48. The molecule has 120 valence electrons. The number of hydrogen-bond acceptors (Lipinski definition) is 3. The number of halogens is 2. The quantitative estimate of drug-likeness (QED) is 0.872. The molecule has 1 fully saturated rings. The Kier molecular flexibility index (Phi) is 5.07. The Morgan fingerprint density at radius 2 is 2.14 bits per heavy atom. The predicted octanol–water partition coefficient (Wildman–Crippen LogP) is 0.924. The van der Waals surface area contributed by atoms with Crippen LogP contribution in [0, 0.1) is 17.6 Å². The van der Waals surface area contributed by atoms with Gasteiger partial charge in [-0.1, -0.05) is 6.92 Å². The van der Waals surface area contributed by atoms with Crippen molar-refractivity contribution in [2.45, 2.75) is 19.4 Å². The summed E-state index contributed by atoms with van der Waals surface area (Å²) in [6.45, 7) is 2.35. The van der Waals surface area contributed by atoms with Crippen LogP contribution in [0.15, 0.2) is 18.2 Å². The zero-order valence-electron chi connectivity index (χ0n) is 12.2. The molecule has 22 heavy (non-hydrogen) atoms. The van der Waals surface area contributed by atoms with E-state index in [4.69, 9.17) is 0 Å². The molecule has 0 saturated carbocycles. The second-order valence-electron chi connectivity index (χ2n) is 5.48. The maximum absolute atomic E-state index is 13.4. The number of carbonyl (C=O) groups excluding carboxylic acids is 2. The molecule has 2 rings (SSSR count). The number of piperidine rings is 1. The topological polar surface area (TPSA) is 69.6 Å². The van der Waals surface area contributed by atoms with E-state index in [1.165, 1.54) is 4.90 Å². The highest BCUT2D eigenvalue weighted by atomic mass is 19.1. The Morgan fingerprint density at radius 3 is 2.77 bits per heavy atom. The van der Waals surface area contributed by atoms with E-state index in [9.17, 15) is 23.5 Å². The van der Waals surface area contributed by atoms with Gasteiger partial charge >= 0.3 is 0 Å². The third-order valence-corrected chi connectivity index (χ3v) is 3.85. The number of likely N-dealkylation sites (tertiary alicyclic amines) is 1. The van der Waals surface area contributed by atoms with Crippen LogP contribution >= 0.6 is 0 Å². The first-order chi connectivity index (χ1) is 10.4. The van der Waals surface area contributed by atoms with Crippen LogP contribution < -0.4 is 5.32 Å². The molecule has 2 atom stereocenters. The van der Waals surface area contributed by atoms with Crippen molar-refractivity contribution in [3.8, 4) is 0 Å². The number of amides is 2. The maximum atomic E-state index is 13.4. The first kappa shape index (κ1) is 16.4. The largest absolute Gasteiger partial charge is 0.391 e. The number of aliphatic hydroxyl groups is 1. The highest BCUT2D eigenvalue weighted by molar-refractivity contribution is 5.96. The van der Waals surface area contributed by atoms with E-state index in [0.29, 0.717) is 19.0 Å². The van der Waals surface area contributed by atoms with Crippen molar-refractivity contribution in [3.63, 3.8) is 0 Å². The molecule has 1 heterocycles. The van der Waals surface area contributed by atoms with E-state index in [0.717, 1.165) is 12.1 Å². The number of nitrogens with zero attached hydrogens (tertiary/aromatic N) is 1. The molecule has 1 saturated heterocycles. The number of aliphatic hydroxyl groups excluding tert-OH is 1. The third-order valence-electron chi connectivity index (χ3n) is 3.85. The molecular weight excluding hydrogens is 294 g/mol. The number of benzene rings is 1. The van der Waals surface area contributed by atoms with Gasteiger partial charge in [0.15, 0.2) is 0 Å². The van der Waals surface area contributed by atoms with Crippen molar-refractivity contribution in [3.05, 3.63) is 35.4 Å². The predicted molar refractivity (Wildman–Crippen MR) is 75.1 cm³/mol. The number of nitrogens with one attached hydrogen (secondary N) is 1. The van der Waals surface area contributed by atoms with Crippen molar-refractivity contribution < 1.29 is 23.5 Å². The Balaban J connectivity index is 1.89. The summed E-state index contributed by atoms with van der Waals surface area (Å²) in [5, 5.41) is 12.1. The summed E-state index contributed by atoms with van der Waals surface area (Å²) in [6.07, 6.45) is 0.107. The highest BCUT2D eigenvalue weighted by Crippen LogP contribution is 2.16. The lowest BCUT2D eigenvalue weighted by Gasteiger charge is -2.34. The minimum Gasteiger partial charge on any atom is -0.391 e. The monoisotopic (exact) mass is 312 g/mol. The molecular formula is C15H18F2N2O3. The third kappa shape index (κ3) is 3.79. The average Bonchev–Trinajstić information content (AvgIpc) is 2.47. The summed E-state index contributed by atoms with van der Waals surface area (Å²) >= 11 is 0. The van der Waals surface area contributed by atoms with Crippen molar-refractivity contribution in [2.75, 3.05) is 19.6 Å². The van der Waals surface area contributed by atoms with Crippen molar-refractivity contribution in [1.82, 2.24) is 10.2 Å². The van der Waals surface area contributed by atoms with E-state index in [2.05, 4.69) is 5.32 Å². The fourth-order valence-electron chi connectivity index (χ4n) is 2.31. The van der Waals surface area contributed by atoms with Crippen LogP contribution in [-0.4, -0.2) is 47.6 Å². The maximum Gasteiger partial charge on any atom is 0.254 e. The van der Waals surface area contributed by atoms with E-state index in [1.54, 1.807) is 0 Å². The van der Waals surface area contributed by atoms with Gasteiger partial charge in [0.2, 0.25) is 5.91 Å². The molecule has 2 amide bonds. The SMILES string of the molecule is CC1CCN(C(=O)CNC(=O)c2ccc(F)cc2F)CC1O. The lowest BCUT2D eigenvalue weighted by atomic mass is 9.96. The van der Waals surface area contributed by atoms with Crippen molar-refractivity contribution in [1.29, 1.82) is 0 Å². The van der Waals surface area contributed by atoms with Gasteiger partial charge in [0, 0.05) is 19.2 Å². The molecule has 2 N–H and O–H groups in total. The molecule has 5 nitrogen and oxygen atoms in total. The fourth-order valence-corrected chi connectivity index (χ4v) is 2.31. The lowest BCUT2D eigenvalue weighted by Crippen LogP contribution is -2.49. The minimum absolute atomic E-state index is 0.131. The summed E-state index contributed by atoms with van der Waals surface area (Å²) < 4.78 is 26.2. The summed E-state index contributed by atoms with van der Waals surface area (Å²) in [6, 6.07) is 2.61. The van der Waals surface area contributed by atoms with Gasteiger partial charge in [-0.3, -0.25) is 9.59 Å². The van der Waals surface area contributed by atoms with E-state index in [1.807, 2.05) is 6.92 Å². The van der Waals surface area contributed by atoms with Gasteiger partial charge in [-0.05, 0) is 24.5 Å². The van der Waals surface area contributed by atoms with Crippen LogP contribution in [-0.2, 0) is 4.79 Å². The van der Waals surface area contributed by atoms with Crippen LogP contribution in [0.2, 0.25) is 0 Å². The summed E-state index contributed by atoms with van der Waals surface area (Å²) in [5.74, 6) is -2.75. The lowest BCUT2D eigenvalue weighted by molar-refractivity contribution is -0.134. The van der Waals surface area contributed by atoms with E-state index >= 15 is 0 Å². The minimum atomic E-state index is -0.979. The summed E-state index contributed by atoms with van der Waals surface area (Å²) in [5.41, 5.74) is -0.318. The molecule has 1 aliphatic heterocycles. The Labute approximate surface area is 126 Å². The van der Waals surface area contributed by atoms with Gasteiger partial charge in [0.05, 0.1) is 18.2 Å². The highest BCUT2D eigenvalue weighted by Gasteiger charge is 2.27. The zero-order chi connectivity index (χ0) is 16.3. The number of rotatable bonds is 3. The van der Waals surface area contributed by atoms with Crippen LogP contribution in [0.1, 0.15) is 23.7 Å². The number of hydrogen-bond donors (Lipinski definition) is 2. The molecule has 0 aliphatic carbocycles. The van der Waals surface area contributed by atoms with Crippen LogP contribution in [0.5, 0.6) is 0 Å². The molecule has 1 aromatic carbocycles. The zero-order valence-corrected chi connectivity index (χ0v) is 12.2. The normalized spacial score (nSPS) is 21.5. The molecule has 0 bridgehead atoms. The van der Waals surface area contributed by atoms with Crippen LogP contribution in [0.4, 0.5) is 8.78 Å². The van der Waals surface area contributed by atoms with Crippen LogP contribution in [0.3, 0.4) is 0 Å². The van der Waals surface area contributed by atoms with Crippen molar-refractivity contribution in [2.24, 2.45) is 5.92 Å². The first-order valence-corrected chi connectivity index (χ1v) is 7.07. The smallest absolute Gasteiger partial charge is 0.254 e. The summed E-state index contributed by atoms with van der Waals surface area (Å²) in [4.78, 5) is 25.2. The van der Waals surface area contributed by atoms with Gasteiger partial charge < -0.3 is 15.3 Å². The standard InChI is InChI=1S/C15H18F2N2O3/c1-9-4-5-19(8-13(9)20)14(21)7-18-15(22)11-3-2-10(16)6-12(11)17/h2-3,6,9,13,20H,4-5,7-8H2,1H3,(H,18,22). The second kappa shape index (κ2) is 6.83. The van der Waals surface area contributed by atoms with Gasteiger partial charge in [0.1, 0.15) is 11.6 Å². The van der Waals surface area contributed by atoms with Gasteiger partial charge in [-0.2, -0.15) is 0 Å². The van der Waals surface area contributed by atoms with E-state index < -0.39 is 23.6 Å². The molecule has 2 unspecified atom stereocenters. The van der Waals surface area contributed by atoms with E-state index in [-0.39, 0.29) is 30.5 Å². The molecule has 7 heteroatoms. The number of β-amino-alcohol motifs (C(OH)–C–C–N with tert-alkyl or cyclic N) is 1. The molecule has 0 aromatic heterocycles. The first-order valence-electron chi connectivity index (χ1n) is 7.07. The Hall–Kier alpha value is -2.02. The van der Waals surface area contributed by atoms with Crippen molar-refractivity contribution >= 4 is 11.8 Å². The molecule has 1 aliphatic rings. The molecule has 0 spiro atoms. The fraction of sp³-hybridized carbons (Fsp3) is 0.467. The summed E-state index contributed by atoms with van der Waals surface area (Å²) in [7, 11) is 0.